The van der Waals surface area contributed by atoms with E-state index in [1.807, 2.05) is 0 Å². The summed E-state index contributed by atoms with van der Waals surface area (Å²) in [6, 6.07) is 51.4. The number of hydrogen-bond donors (Lipinski definition) is 0. The third kappa shape index (κ3) is 3.12. The highest BCUT2D eigenvalue weighted by atomic mass is 127. The van der Waals surface area contributed by atoms with Crippen LogP contribution in [0.2, 0.25) is 0 Å². The molecule has 0 amide bonds. The fraction of sp³-hybridized carbons (Fsp3) is 0.0286. The van der Waals surface area contributed by atoms with Crippen molar-refractivity contribution in [1.82, 2.24) is 0 Å². The van der Waals surface area contributed by atoms with E-state index in [1.165, 1.54) is 58.9 Å². The van der Waals surface area contributed by atoms with E-state index in [-0.39, 0.29) is 5.41 Å². The second kappa shape index (κ2) is 8.46. The number of rotatable bonds is 3. The number of benzene rings is 6. The zero-order chi connectivity index (χ0) is 24.1. The monoisotopic (exact) mass is 570 g/mol. The lowest BCUT2D eigenvalue weighted by Gasteiger charge is -2.34. The van der Waals surface area contributed by atoms with E-state index >= 15 is 0 Å². The molecule has 170 valence electrons. The Balaban J connectivity index is 1.58. The van der Waals surface area contributed by atoms with E-state index in [0.29, 0.717) is 0 Å². The molecule has 1 aliphatic rings. The molecule has 6 aromatic carbocycles. The van der Waals surface area contributed by atoms with Crippen molar-refractivity contribution < 1.29 is 0 Å². The highest BCUT2D eigenvalue weighted by molar-refractivity contribution is 14.1. The van der Waals surface area contributed by atoms with Gasteiger partial charge in [-0.1, -0.05) is 121 Å². The summed E-state index contributed by atoms with van der Waals surface area (Å²) in [5.41, 5.74) is 10.1. The van der Waals surface area contributed by atoms with Crippen molar-refractivity contribution in [3.63, 3.8) is 0 Å². The molecule has 36 heavy (non-hydrogen) atoms. The molecule has 0 unspecified atom stereocenters. The average Bonchev–Trinajstić information content (AvgIpc) is 3.25. The van der Waals surface area contributed by atoms with Crippen molar-refractivity contribution in [1.29, 1.82) is 0 Å². The Morgan fingerprint density at radius 3 is 1.78 bits per heavy atom. The van der Waals surface area contributed by atoms with Gasteiger partial charge in [0, 0.05) is 3.57 Å². The minimum atomic E-state index is -0.364. The van der Waals surface area contributed by atoms with Crippen molar-refractivity contribution in [2.45, 2.75) is 5.41 Å². The molecule has 0 saturated carbocycles. The lowest BCUT2D eigenvalue weighted by molar-refractivity contribution is 0.768. The average molecular weight is 570 g/mol. The summed E-state index contributed by atoms with van der Waals surface area (Å²) in [7, 11) is 0. The van der Waals surface area contributed by atoms with Crippen LogP contribution in [0.15, 0.2) is 140 Å². The Morgan fingerprint density at radius 2 is 1.03 bits per heavy atom. The molecular formula is C35H23I. The third-order valence-corrected chi connectivity index (χ3v) is 8.27. The first-order valence-electron chi connectivity index (χ1n) is 12.3. The molecule has 0 nitrogen and oxygen atoms in total. The Hall–Kier alpha value is -3.69. The van der Waals surface area contributed by atoms with Gasteiger partial charge in [-0.15, -0.1) is 0 Å². The maximum atomic E-state index is 2.39. The second-order valence-electron chi connectivity index (χ2n) is 9.46. The molecular weight excluding hydrogens is 547 g/mol. The highest BCUT2D eigenvalue weighted by Crippen LogP contribution is 2.58. The largest absolute Gasteiger partial charge is 0.0713 e. The number of fused-ring (bicyclic) bond motifs is 4. The number of halogens is 1. The molecule has 0 spiro atoms. The van der Waals surface area contributed by atoms with E-state index in [0.717, 1.165) is 0 Å². The fourth-order valence-corrected chi connectivity index (χ4v) is 6.63. The van der Waals surface area contributed by atoms with Crippen LogP contribution in [0.1, 0.15) is 22.3 Å². The van der Waals surface area contributed by atoms with Gasteiger partial charge in [0.1, 0.15) is 0 Å². The van der Waals surface area contributed by atoms with Gasteiger partial charge >= 0.3 is 0 Å². The van der Waals surface area contributed by atoms with E-state index < -0.39 is 0 Å². The van der Waals surface area contributed by atoms with Gasteiger partial charge in [-0.05, 0) is 96.1 Å². The van der Waals surface area contributed by atoms with Crippen molar-refractivity contribution in [3.05, 3.63) is 165 Å². The first kappa shape index (κ1) is 21.6. The molecule has 0 aliphatic heterocycles. The first-order chi connectivity index (χ1) is 17.8. The van der Waals surface area contributed by atoms with Crippen LogP contribution in [-0.2, 0) is 5.41 Å². The van der Waals surface area contributed by atoms with Gasteiger partial charge in [0.15, 0.2) is 0 Å². The van der Waals surface area contributed by atoms with Gasteiger partial charge in [0.05, 0.1) is 5.41 Å². The highest BCUT2D eigenvalue weighted by Gasteiger charge is 2.46. The summed E-state index contributed by atoms with van der Waals surface area (Å²) in [6.45, 7) is 0. The second-order valence-corrected chi connectivity index (χ2v) is 10.7. The van der Waals surface area contributed by atoms with Crippen LogP contribution in [0.3, 0.4) is 0 Å². The van der Waals surface area contributed by atoms with Gasteiger partial charge in [0.25, 0.3) is 0 Å². The Labute approximate surface area is 225 Å². The molecule has 7 rings (SSSR count). The SMILES string of the molecule is Ic1ccc2cc(-c3cccc4c3-c3ccccc3C4(c3ccccc3)c3ccccc3)ccc2c1. The smallest absolute Gasteiger partial charge is 0.0622 e. The predicted molar refractivity (Wildman–Crippen MR) is 159 cm³/mol. The minimum absolute atomic E-state index is 0.364. The van der Waals surface area contributed by atoms with Gasteiger partial charge in [-0.25, -0.2) is 0 Å². The molecule has 0 aromatic heterocycles. The lowest BCUT2D eigenvalue weighted by atomic mass is 9.67. The lowest BCUT2D eigenvalue weighted by Crippen LogP contribution is -2.28. The summed E-state index contributed by atoms with van der Waals surface area (Å²) >= 11 is 2.39. The quantitative estimate of drug-likeness (QED) is 0.186. The van der Waals surface area contributed by atoms with Gasteiger partial charge in [0.2, 0.25) is 0 Å². The van der Waals surface area contributed by atoms with Gasteiger partial charge < -0.3 is 0 Å². The van der Waals surface area contributed by atoms with Crippen molar-refractivity contribution in [3.8, 4) is 22.3 Å². The molecule has 0 heterocycles. The zero-order valence-electron chi connectivity index (χ0n) is 19.7. The third-order valence-electron chi connectivity index (χ3n) is 7.60. The van der Waals surface area contributed by atoms with E-state index in [2.05, 4.69) is 162 Å². The van der Waals surface area contributed by atoms with E-state index in [9.17, 15) is 0 Å². The fourth-order valence-electron chi connectivity index (χ4n) is 6.12. The topological polar surface area (TPSA) is 0 Å². The molecule has 1 heteroatoms. The molecule has 0 bridgehead atoms. The number of hydrogen-bond acceptors (Lipinski definition) is 0. The molecule has 0 radical (unpaired) electrons. The van der Waals surface area contributed by atoms with E-state index in [4.69, 9.17) is 0 Å². The summed E-state index contributed by atoms with van der Waals surface area (Å²) in [4.78, 5) is 0. The van der Waals surface area contributed by atoms with Crippen LogP contribution < -0.4 is 0 Å². The summed E-state index contributed by atoms with van der Waals surface area (Å²) in [5.74, 6) is 0. The van der Waals surface area contributed by atoms with Crippen LogP contribution in [0.25, 0.3) is 33.0 Å². The molecule has 6 aromatic rings. The van der Waals surface area contributed by atoms with Gasteiger partial charge in [-0.2, -0.15) is 0 Å². The maximum absolute atomic E-state index is 2.39. The van der Waals surface area contributed by atoms with Crippen LogP contribution in [-0.4, -0.2) is 0 Å². The van der Waals surface area contributed by atoms with Crippen molar-refractivity contribution in [2.75, 3.05) is 0 Å². The normalized spacial score (nSPS) is 13.4. The molecule has 1 aliphatic carbocycles. The minimum Gasteiger partial charge on any atom is -0.0622 e. The van der Waals surface area contributed by atoms with Crippen LogP contribution in [0.5, 0.6) is 0 Å². The Morgan fingerprint density at radius 1 is 0.444 bits per heavy atom. The van der Waals surface area contributed by atoms with Gasteiger partial charge in [-0.3, -0.25) is 0 Å². The Bertz CT molecular complexity index is 1690. The first-order valence-corrected chi connectivity index (χ1v) is 13.4. The summed E-state index contributed by atoms with van der Waals surface area (Å²) in [6.07, 6.45) is 0. The van der Waals surface area contributed by atoms with Crippen LogP contribution >= 0.6 is 22.6 Å². The molecule has 0 fully saturated rings. The molecule has 0 N–H and O–H groups in total. The van der Waals surface area contributed by atoms with Crippen molar-refractivity contribution >= 4 is 33.4 Å². The Kier molecular flexibility index (Phi) is 5.07. The zero-order valence-corrected chi connectivity index (χ0v) is 21.8. The predicted octanol–water partition coefficient (Wildman–Crippen LogP) is 9.47. The van der Waals surface area contributed by atoms with Crippen LogP contribution in [0, 0.1) is 3.57 Å². The van der Waals surface area contributed by atoms with Crippen LogP contribution in [0.4, 0.5) is 0 Å². The van der Waals surface area contributed by atoms with E-state index in [1.54, 1.807) is 0 Å². The summed E-state index contributed by atoms with van der Waals surface area (Å²) in [5, 5.41) is 2.55. The maximum Gasteiger partial charge on any atom is 0.0713 e. The molecule has 0 saturated heterocycles. The summed E-state index contributed by atoms with van der Waals surface area (Å²) < 4.78 is 1.26. The standard InChI is InChI=1S/C35H23I/c36-29-21-20-24-22-26(19-18-25(24)23-29)30-15-9-17-33-34(30)31-14-7-8-16-32(31)35(33,27-10-3-1-4-11-27)28-12-5-2-6-13-28/h1-23H. The molecule has 0 atom stereocenters. The van der Waals surface area contributed by atoms with Crippen molar-refractivity contribution in [2.24, 2.45) is 0 Å².